The van der Waals surface area contributed by atoms with Gasteiger partial charge < -0.3 is 0 Å². The van der Waals surface area contributed by atoms with Crippen molar-refractivity contribution in [1.29, 1.82) is 0 Å². The second kappa shape index (κ2) is 4.02. The van der Waals surface area contributed by atoms with Crippen molar-refractivity contribution in [3.05, 3.63) is 28.5 Å². The number of aromatic nitrogens is 2. The van der Waals surface area contributed by atoms with E-state index >= 15 is 0 Å². The number of hydrogen-bond donors (Lipinski definition) is 0. The van der Waals surface area contributed by atoms with Crippen LogP contribution >= 0.6 is 22.7 Å². The van der Waals surface area contributed by atoms with Crippen LogP contribution in [-0.2, 0) is 0 Å². The first-order valence-corrected chi connectivity index (χ1v) is 5.94. The van der Waals surface area contributed by atoms with E-state index in [1.54, 1.807) is 22.7 Å². The van der Waals surface area contributed by atoms with Gasteiger partial charge in [0.1, 0.15) is 5.01 Å². The Labute approximate surface area is 91.0 Å². The van der Waals surface area contributed by atoms with E-state index in [0.717, 1.165) is 10.0 Å². The summed E-state index contributed by atoms with van der Waals surface area (Å²) in [4.78, 5) is 10.9. The normalized spacial score (nSPS) is 11.3. The third-order valence-electron chi connectivity index (χ3n) is 1.70. The molecule has 0 aliphatic heterocycles. The predicted molar refractivity (Wildman–Crippen MR) is 62.7 cm³/mol. The van der Waals surface area contributed by atoms with E-state index in [1.807, 2.05) is 38.4 Å². The zero-order chi connectivity index (χ0) is 9.97. The Morgan fingerprint density at radius 1 is 1.14 bits per heavy atom. The molecule has 0 saturated carbocycles. The van der Waals surface area contributed by atoms with Gasteiger partial charge in [-0.05, 0) is 19.9 Å². The molecule has 2 rings (SSSR count). The topological polar surface area (TPSA) is 25.8 Å². The standard InChI is InChI=1S/C10H10N2S2/c1-3-4-10-12-6-9(14-10)8-5-11-7(2)13-8/h3-6H,1-2H3/b4-3+. The molecular weight excluding hydrogens is 212 g/mol. The Balaban J connectivity index is 2.33. The van der Waals surface area contributed by atoms with Gasteiger partial charge in [0.15, 0.2) is 0 Å². The molecule has 14 heavy (non-hydrogen) atoms. The largest absolute Gasteiger partial charge is 0.249 e. The molecule has 0 fully saturated rings. The third-order valence-corrected chi connectivity index (χ3v) is 3.77. The molecule has 2 aromatic heterocycles. The Morgan fingerprint density at radius 2 is 1.86 bits per heavy atom. The first kappa shape index (κ1) is 9.55. The highest BCUT2D eigenvalue weighted by atomic mass is 32.1. The molecule has 0 amide bonds. The minimum atomic E-state index is 1.05. The summed E-state index contributed by atoms with van der Waals surface area (Å²) in [6.45, 7) is 4.01. The molecule has 2 aromatic rings. The van der Waals surface area contributed by atoms with Crippen LogP contribution in [-0.4, -0.2) is 9.97 Å². The van der Waals surface area contributed by atoms with Crippen molar-refractivity contribution in [3.63, 3.8) is 0 Å². The SMILES string of the molecule is C/C=C/c1ncc(-c2cnc(C)s2)s1. The predicted octanol–water partition coefficient (Wildman–Crippen LogP) is 3.61. The van der Waals surface area contributed by atoms with Gasteiger partial charge in [-0.25, -0.2) is 9.97 Å². The maximum absolute atomic E-state index is 4.30. The van der Waals surface area contributed by atoms with Crippen molar-refractivity contribution in [1.82, 2.24) is 9.97 Å². The van der Waals surface area contributed by atoms with Crippen molar-refractivity contribution in [2.75, 3.05) is 0 Å². The molecule has 0 spiro atoms. The second-order valence-corrected chi connectivity index (χ2v) is 5.10. The molecular formula is C10H10N2S2. The van der Waals surface area contributed by atoms with E-state index in [9.17, 15) is 0 Å². The van der Waals surface area contributed by atoms with Crippen molar-refractivity contribution in [2.45, 2.75) is 13.8 Å². The first-order valence-electron chi connectivity index (χ1n) is 4.31. The van der Waals surface area contributed by atoms with Crippen LogP contribution < -0.4 is 0 Å². The molecule has 0 aliphatic carbocycles. The summed E-state index contributed by atoms with van der Waals surface area (Å²) < 4.78 is 0. The smallest absolute Gasteiger partial charge is 0.116 e. The summed E-state index contributed by atoms with van der Waals surface area (Å²) in [6.07, 6.45) is 7.84. The Kier molecular flexibility index (Phi) is 2.74. The van der Waals surface area contributed by atoms with Crippen molar-refractivity contribution < 1.29 is 0 Å². The lowest BCUT2D eigenvalue weighted by atomic mass is 10.5. The van der Waals surface area contributed by atoms with Gasteiger partial charge in [-0.3, -0.25) is 0 Å². The molecule has 0 atom stereocenters. The molecule has 4 heteroatoms. The van der Waals surface area contributed by atoms with Gasteiger partial charge in [-0.15, -0.1) is 22.7 Å². The average molecular weight is 222 g/mol. The maximum atomic E-state index is 4.30. The Morgan fingerprint density at radius 3 is 2.50 bits per heavy atom. The van der Waals surface area contributed by atoms with E-state index in [4.69, 9.17) is 0 Å². The first-order chi connectivity index (χ1) is 6.79. The summed E-state index contributed by atoms with van der Waals surface area (Å²) in [5.41, 5.74) is 0. The van der Waals surface area contributed by atoms with Crippen LogP contribution in [0.3, 0.4) is 0 Å². The molecule has 0 saturated heterocycles. The number of allylic oxidation sites excluding steroid dienone is 1. The maximum Gasteiger partial charge on any atom is 0.116 e. The van der Waals surface area contributed by atoms with Crippen molar-refractivity contribution in [2.24, 2.45) is 0 Å². The van der Waals surface area contributed by atoms with Gasteiger partial charge in [0.25, 0.3) is 0 Å². The highest BCUT2D eigenvalue weighted by Gasteiger charge is 2.05. The Bertz CT molecular complexity index is 454. The Hall–Kier alpha value is -1.00. The molecule has 0 aliphatic rings. The molecule has 72 valence electrons. The fraction of sp³-hybridized carbons (Fsp3) is 0.200. The molecule has 0 aromatic carbocycles. The van der Waals surface area contributed by atoms with Gasteiger partial charge in [0.2, 0.25) is 0 Å². The average Bonchev–Trinajstić information content (AvgIpc) is 2.74. The van der Waals surface area contributed by atoms with Crippen LogP contribution in [0.2, 0.25) is 0 Å². The van der Waals surface area contributed by atoms with Crippen LogP contribution in [0.1, 0.15) is 16.9 Å². The lowest BCUT2D eigenvalue weighted by molar-refractivity contribution is 1.30. The fourth-order valence-corrected chi connectivity index (χ4v) is 2.82. The van der Waals surface area contributed by atoms with Crippen LogP contribution in [0.4, 0.5) is 0 Å². The molecule has 0 unspecified atom stereocenters. The lowest BCUT2D eigenvalue weighted by Crippen LogP contribution is -1.61. The van der Waals surface area contributed by atoms with E-state index in [1.165, 1.54) is 9.75 Å². The highest BCUT2D eigenvalue weighted by molar-refractivity contribution is 7.22. The molecule has 0 bridgehead atoms. The molecule has 2 nitrogen and oxygen atoms in total. The summed E-state index contributed by atoms with van der Waals surface area (Å²) in [5, 5.41) is 2.15. The summed E-state index contributed by atoms with van der Waals surface area (Å²) in [7, 11) is 0. The number of thiazole rings is 2. The number of rotatable bonds is 2. The number of hydrogen-bond acceptors (Lipinski definition) is 4. The summed E-state index contributed by atoms with van der Waals surface area (Å²) >= 11 is 3.40. The quantitative estimate of drug-likeness (QED) is 0.775. The summed E-state index contributed by atoms with van der Waals surface area (Å²) in [6, 6.07) is 0. The second-order valence-electron chi connectivity index (χ2n) is 2.81. The zero-order valence-corrected chi connectivity index (χ0v) is 9.65. The molecule has 0 N–H and O–H groups in total. The third kappa shape index (κ3) is 1.91. The van der Waals surface area contributed by atoms with Gasteiger partial charge in [-0.1, -0.05) is 6.08 Å². The van der Waals surface area contributed by atoms with Crippen LogP contribution in [0, 0.1) is 6.92 Å². The van der Waals surface area contributed by atoms with E-state index in [2.05, 4.69) is 9.97 Å². The monoisotopic (exact) mass is 222 g/mol. The molecule has 2 heterocycles. The van der Waals surface area contributed by atoms with E-state index < -0.39 is 0 Å². The summed E-state index contributed by atoms with van der Waals surface area (Å²) in [5.74, 6) is 0. The minimum absolute atomic E-state index is 1.05. The van der Waals surface area contributed by atoms with Gasteiger partial charge in [0.05, 0.1) is 14.8 Å². The lowest BCUT2D eigenvalue weighted by Gasteiger charge is -1.84. The van der Waals surface area contributed by atoms with Crippen LogP contribution in [0.15, 0.2) is 18.5 Å². The van der Waals surface area contributed by atoms with Gasteiger partial charge >= 0.3 is 0 Å². The highest BCUT2D eigenvalue weighted by Crippen LogP contribution is 2.30. The number of nitrogens with zero attached hydrogens (tertiary/aromatic N) is 2. The fourth-order valence-electron chi connectivity index (χ4n) is 1.10. The van der Waals surface area contributed by atoms with Gasteiger partial charge in [0, 0.05) is 12.4 Å². The molecule has 0 radical (unpaired) electrons. The van der Waals surface area contributed by atoms with Crippen LogP contribution in [0.5, 0.6) is 0 Å². The van der Waals surface area contributed by atoms with E-state index in [-0.39, 0.29) is 0 Å². The van der Waals surface area contributed by atoms with Gasteiger partial charge in [-0.2, -0.15) is 0 Å². The van der Waals surface area contributed by atoms with Crippen LogP contribution in [0.25, 0.3) is 15.8 Å². The number of aryl methyl sites for hydroxylation is 1. The van der Waals surface area contributed by atoms with E-state index in [0.29, 0.717) is 0 Å². The zero-order valence-electron chi connectivity index (χ0n) is 8.02. The van der Waals surface area contributed by atoms with Crippen molar-refractivity contribution >= 4 is 28.7 Å². The van der Waals surface area contributed by atoms with Crippen molar-refractivity contribution in [3.8, 4) is 9.75 Å². The minimum Gasteiger partial charge on any atom is -0.249 e.